The SMILES string of the molecule is COCc1cc(C(=O)NC(C)C(N)=NO)no1. The van der Waals surface area contributed by atoms with Gasteiger partial charge in [-0.3, -0.25) is 4.79 Å². The summed E-state index contributed by atoms with van der Waals surface area (Å²) in [5.41, 5.74) is 5.42. The first-order valence-electron chi connectivity index (χ1n) is 4.81. The Balaban J connectivity index is 2.63. The molecule has 0 fully saturated rings. The third-order valence-electron chi connectivity index (χ3n) is 1.98. The van der Waals surface area contributed by atoms with Gasteiger partial charge in [-0.25, -0.2) is 0 Å². The number of carbonyl (C=O) groups excluding carboxylic acids is 1. The lowest BCUT2D eigenvalue weighted by Crippen LogP contribution is -2.42. The summed E-state index contributed by atoms with van der Waals surface area (Å²) < 4.78 is 9.67. The largest absolute Gasteiger partial charge is 0.409 e. The summed E-state index contributed by atoms with van der Waals surface area (Å²) in [4.78, 5) is 11.6. The van der Waals surface area contributed by atoms with Crippen molar-refractivity contribution in [1.29, 1.82) is 0 Å². The van der Waals surface area contributed by atoms with Crippen LogP contribution < -0.4 is 11.1 Å². The number of nitrogens with one attached hydrogen (secondary N) is 1. The van der Waals surface area contributed by atoms with E-state index >= 15 is 0 Å². The molecule has 1 unspecified atom stereocenters. The Labute approximate surface area is 97.4 Å². The summed E-state index contributed by atoms with van der Waals surface area (Å²) in [6, 6.07) is 0.854. The van der Waals surface area contributed by atoms with Crippen molar-refractivity contribution in [2.45, 2.75) is 19.6 Å². The molecule has 0 aliphatic carbocycles. The van der Waals surface area contributed by atoms with Crippen LogP contribution in [-0.4, -0.2) is 35.3 Å². The Kier molecular flexibility index (Phi) is 4.46. The van der Waals surface area contributed by atoms with Gasteiger partial charge < -0.3 is 25.5 Å². The molecule has 0 saturated heterocycles. The number of nitrogens with two attached hydrogens (primary N) is 1. The fourth-order valence-electron chi connectivity index (χ4n) is 1.06. The minimum Gasteiger partial charge on any atom is -0.409 e. The molecular weight excluding hydrogens is 228 g/mol. The molecule has 0 aliphatic heterocycles. The van der Waals surface area contributed by atoms with Gasteiger partial charge in [0, 0.05) is 13.2 Å². The monoisotopic (exact) mass is 242 g/mol. The minimum absolute atomic E-state index is 0.0982. The molecule has 1 amide bonds. The molecule has 1 atom stereocenters. The van der Waals surface area contributed by atoms with Crippen molar-refractivity contribution >= 4 is 11.7 Å². The second kappa shape index (κ2) is 5.85. The highest BCUT2D eigenvalue weighted by Crippen LogP contribution is 2.04. The molecular formula is C9H14N4O4. The van der Waals surface area contributed by atoms with Crippen molar-refractivity contribution in [2.75, 3.05) is 7.11 Å². The van der Waals surface area contributed by atoms with E-state index in [-0.39, 0.29) is 18.1 Å². The number of amidine groups is 1. The van der Waals surface area contributed by atoms with Gasteiger partial charge in [0.25, 0.3) is 5.91 Å². The molecule has 8 heteroatoms. The number of methoxy groups -OCH3 is 1. The van der Waals surface area contributed by atoms with Crippen LogP contribution in [0.15, 0.2) is 15.7 Å². The zero-order valence-corrected chi connectivity index (χ0v) is 9.51. The van der Waals surface area contributed by atoms with Crippen molar-refractivity contribution in [1.82, 2.24) is 10.5 Å². The maximum atomic E-state index is 11.6. The average molecular weight is 242 g/mol. The van der Waals surface area contributed by atoms with Crippen LogP contribution in [0, 0.1) is 0 Å². The van der Waals surface area contributed by atoms with Crippen LogP contribution in [-0.2, 0) is 11.3 Å². The Bertz CT molecular complexity index is 415. The van der Waals surface area contributed by atoms with Crippen molar-refractivity contribution in [3.05, 3.63) is 17.5 Å². The molecule has 0 aromatic carbocycles. The van der Waals surface area contributed by atoms with E-state index in [1.165, 1.54) is 13.2 Å². The van der Waals surface area contributed by atoms with Crippen LogP contribution in [0.2, 0.25) is 0 Å². The molecule has 17 heavy (non-hydrogen) atoms. The second-order valence-corrected chi connectivity index (χ2v) is 3.33. The molecule has 1 aromatic heterocycles. The maximum absolute atomic E-state index is 11.6. The van der Waals surface area contributed by atoms with E-state index in [2.05, 4.69) is 15.6 Å². The van der Waals surface area contributed by atoms with Gasteiger partial charge in [-0.05, 0) is 6.92 Å². The number of ether oxygens (including phenoxy) is 1. The van der Waals surface area contributed by atoms with E-state index in [1.54, 1.807) is 6.92 Å². The van der Waals surface area contributed by atoms with Gasteiger partial charge in [0.05, 0.1) is 6.04 Å². The van der Waals surface area contributed by atoms with E-state index in [9.17, 15) is 4.79 Å². The Morgan fingerprint density at radius 3 is 3.12 bits per heavy atom. The van der Waals surface area contributed by atoms with Crippen molar-refractivity contribution in [2.24, 2.45) is 10.9 Å². The van der Waals surface area contributed by atoms with Crippen LogP contribution in [0.25, 0.3) is 0 Å². The molecule has 0 spiro atoms. The van der Waals surface area contributed by atoms with Crippen LogP contribution in [0.3, 0.4) is 0 Å². The standard InChI is InChI=1S/C9H14N4O4/c1-5(8(10)12-15)11-9(14)7-3-6(4-16-2)17-13-7/h3,5,15H,4H2,1-2H3,(H2,10,12)(H,11,14). The van der Waals surface area contributed by atoms with Gasteiger partial charge in [-0.2, -0.15) is 0 Å². The van der Waals surface area contributed by atoms with E-state index in [0.717, 1.165) is 0 Å². The summed E-state index contributed by atoms with van der Waals surface area (Å²) in [6.07, 6.45) is 0. The Hall–Kier alpha value is -2.09. The first-order valence-corrected chi connectivity index (χ1v) is 4.81. The smallest absolute Gasteiger partial charge is 0.274 e. The molecule has 1 heterocycles. The third kappa shape index (κ3) is 3.45. The third-order valence-corrected chi connectivity index (χ3v) is 1.98. The highest BCUT2D eigenvalue weighted by Gasteiger charge is 2.16. The number of carbonyl (C=O) groups is 1. The summed E-state index contributed by atoms with van der Waals surface area (Å²) in [5.74, 6) is -0.136. The van der Waals surface area contributed by atoms with Crippen LogP contribution in [0.4, 0.5) is 0 Å². The van der Waals surface area contributed by atoms with Crippen molar-refractivity contribution in [3.8, 4) is 0 Å². The predicted molar refractivity (Wildman–Crippen MR) is 57.6 cm³/mol. The fraction of sp³-hybridized carbons (Fsp3) is 0.444. The number of oxime groups is 1. The van der Waals surface area contributed by atoms with Crippen LogP contribution in [0.5, 0.6) is 0 Å². The predicted octanol–water partition coefficient (Wildman–Crippen LogP) is -0.314. The van der Waals surface area contributed by atoms with Gasteiger partial charge in [-0.1, -0.05) is 10.3 Å². The highest BCUT2D eigenvalue weighted by molar-refractivity contribution is 5.96. The summed E-state index contributed by atoms with van der Waals surface area (Å²) in [6.45, 7) is 1.80. The first kappa shape index (κ1) is 13.0. The molecule has 1 aromatic rings. The molecule has 94 valence electrons. The number of rotatable bonds is 5. The number of aromatic nitrogens is 1. The second-order valence-electron chi connectivity index (χ2n) is 3.33. The topological polar surface area (TPSA) is 123 Å². The number of hydrogen-bond acceptors (Lipinski definition) is 6. The van der Waals surface area contributed by atoms with Gasteiger partial charge in [0.2, 0.25) is 0 Å². The summed E-state index contributed by atoms with van der Waals surface area (Å²) >= 11 is 0. The van der Waals surface area contributed by atoms with Gasteiger partial charge in [-0.15, -0.1) is 0 Å². The zero-order chi connectivity index (χ0) is 12.8. The Morgan fingerprint density at radius 1 is 1.82 bits per heavy atom. The lowest BCUT2D eigenvalue weighted by molar-refractivity contribution is 0.0938. The maximum Gasteiger partial charge on any atom is 0.274 e. The minimum atomic E-state index is -0.602. The van der Waals surface area contributed by atoms with Crippen LogP contribution >= 0.6 is 0 Å². The lowest BCUT2D eigenvalue weighted by Gasteiger charge is -2.10. The summed E-state index contributed by atoms with van der Waals surface area (Å²) in [7, 11) is 1.50. The molecule has 0 radical (unpaired) electrons. The van der Waals surface area contributed by atoms with Crippen molar-refractivity contribution in [3.63, 3.8) is 0 Å². The van der Waals surface area contributed by atoms with Gasteiger partial charge in [0.1, 0.15) is 6.61 Å². The van der Waals surface area contributed by atoms with E-state index in [4.69, 9.17) is 20.2 Å². The normalized spacial score (nSPS) is 13.4. The molecule has 1 rings (SSSR count). The summed E-state index contributed by atoms with van der Waals surface area (Å²) in [5, 5.41) is 17.3. The molecule has 4 N–H and O–H groups in total. The van der Waals surface area contributed by atoms with Crippen molar-refractivity contribution < 1.29 is 19.3 Å². The van der Waals surface area contributed by atoms with E-state index in [1.807, 2.05) is 0 Å². The number of hydrogen-bond donors (Lipinski definition) is 3. The number of amides is 1. The van der Waals surface area contributed by atoms with Gasteiger partial charge in [0.15, 0.2) is 17.3 Å². The molecule has 0 saturated carbocycles. The molecule has 8 nitrogen and oxygen atoms in total. The average Bonchev–Trinajstić information content (AvgIpc) is 2.77. The lowest BCUT2D eigenvalue weighted by atomic mass is 10.3. The molecule has 0 aliphatic rings. The van der Waals surface area contributed by atoms with Gasteiger partial charge >= 0.3 is 0 Å². The molecule has 0 bridgehead atoms. The zero-order valence-electron chi connectivity index (χ0n) is 9.51. The van der Waals surface area contributed by atoms with E-state index in [0.29, 0.717) is 5.76 Å². The number of nitrogens with zero attached hydrogens (tertiary/aromatic N) is 2. The quantitative estimate of drug-likeness (QED) is 0.281. The Morgan fingerprint density at radius 2 is 2.53 bits per heavy atom. The highest BCUT2D eigenvalue weighted by atomic mass is 16.5. The first-order chi connectivity index (χ1) is 8.08. The van der Waals surface area contributed by atoms with Crippen LogP contribution in [0.1, 0.15) is 23.2 Å². The van der Waals surface area contributed by atoms with E-state index < -0.39 is 11.9 Å². The fourth-order valence-corrected chi connectivity index (χ4v) is 1.06.